The fraction of sp³-hybridized carbons (Fsp3) is 0.412. The zero-order valence-electron chi connectivity index (χ0n) is 14.2. The van der Waals surface area contributed by atoms with Gasteiger partial charge in [-0.3, -0.25) is 14.7 Å². The molecule has 4 heterocycles. The van der Waals surface area contributed by atoms with Crippen molar-refractivity contribution >= 4 is 22.9 Å². The molecule has 0 spiro atoms. The van der Waals surface area contributed by atoms with Gasteiger partial charge in [-0.1, -0.05) is 0 Å². The van der Waals surface area contributed by atoms with Gasteiger partial charge in [-0.25, -0.2) is 14.5 Å². The van der Waals surface area contributed by atoms with Crippen molar-refractivity contribution in [2.24, 2.45) is 0 Å². The minimum absolute atomic E-state index is 0.0167. The van der Waals surface area contributed by atoms with Crippen LogP contribution in [-0.2, 0) is 0 Å². The topological polar surface area (TPSA) is 83.4 Å². The monoisotopic (exact) mass is 357 g/mol. The third-order valence-corrected chi connectivity index (χ3v) is 5.56. The van der Waals surface area contributed by atoms with E-state index in [1.165, 1.54) is 15.9 Å². The number of carbonyl (C=O) groups excluding carboxylic acids is 1. The minimum atomic E-state index is -0.171. The standard InChI is InChI=1S/C17H19N5O2S/c1-10-7-14-19-12(8-15(23)22(14)20-10)13-5-3-4-6-21(13)17(24)16-11(2)18-9-25-16/h7-9,13,20H,3-6H2,1-2H3/t13-/m0/s1. The van der Waals surface area contributed by atoms with Gasteiger partial charge in [0, 0.05) is 24.4 Å². The number of carbonyl (C=O) groups is 1. The number of piperidine rings is 1. The largest absolute Gasteiger partial charge is 0.329 e. The summed E-state index contributed by atoms with van der Waals surface area (Å²) < 4.78 is 1.43. The number of nitrogens with zero attached hydrogens (tertiary/aromatic N) is 4. The Labute approximate surface area is 148 Å². The Morgan fingerprint density at radius 3 is 2.92 bits per heavy atom. The molecule has 1 saturated heterocycles. The van der Waals surface area contributed by atoms with Crippen LogP contribution in [0, 0.1) is 13.8 Å². The summed E-state index contributed by atoms with van der Waals surface area (Å²) in [7, 11) is 0. The molecule has 1 aliphatic rings. The molecule has 0 aliphatic carbocycles. The highest BCUT2D eigenvalue weighted by Gasteiger charge is 2.31. The normalized spacial score (nSPS) is 18.0. The molecule has 0 bridgehead atoms. The van der Waals surface area contributed by atoms with Gasteiger partial charge >= 0.3 is 0 Å². The van der Waals surface area contributed by atoms with Crippen molar-refractivity contribution in [3.05, 3.63) is 50.0 Å². The van der Waals surface area contributed by atoms with E-state index in [2.05, 4.69) is 15.1 Å². The van der Waals surface area contributed by atoms with Crippen molar-refractivity contribution in [3.63, 3.8) is 0 Å². The summed E-state index contributed by atoms with van der Waals surface area (Å²) in [5.41, 5.74) is 4.43. The second-order valence-corrected chi connectivity index (χ2v) is 7.28. The van der Waals surface area contributed by atoms with Gasteiger partial charge in [0.05, 0.1) is 22.9 Å². The van der Waals surface area contributed by atoms with E-state index in [-0.39, 0.29) is 17.5 Å². The molecule has 0 saturated carbocycles. The molecule has 8 heteroatoms. The molecular weight excluding hydrogens is 338 g/mol. The lowest BCUT2D eigenvalue weighted by atomic mass is 9.98. The lowest BCUT2D eigenvalue weighted by Crippen LogP contribution is -2.39. The molecule has 1 atom stereocenters. The van der Waals surface area contributed by atoms with Crippen LogP contribution < -0.4 is 5.56 Å². The summed E-state index contributed by atoms with van der Waals surface area (Å²) >= 11 is 1.36. The molecule has 3 aromatic heterocycles. The van der Waals surface area contributed by atoms with Gasteiger partial charge in [-0.15, -0.1) is 11.3 Å². The van der Waals surface area contributed by atoms with Crippen molar-refractivity contribution in [1.82, 2.24) is 24.5 Å². The van der Waals surface area contributed by atoms with E-state index in [1.54, 1.807) is 11.6 Å². The van der Waals surface area contributed by atoms with Crippen LogP contribution in [0.1, 0.15) is 52.1 Å². The van der Waals surface area contributed by atoms with Crippen LogP contribution >= 0.6 is 11.3 Å². The highest BCUT2D eigenvalue weighted by Crippen LogP contribution is 2.32. The second-order valence-electron chi connectivity index (χ2n) is 6.43. The van der Waals surface area contributed by atoms with Crippen LogP contribution in [0.4, 0.5) is 0 Å². The first kappa shape index (κ1) is 16.0. The summed E-state index contributed by atoms with van der Waals surface area (Å²) in [6, 6.07) is 3.21. The van der Waals surface area contributed by atoms with E-state index in [0.29, 0.717) is 22.8 Å². The SMILES string of the molecule is Cc1cc2nc([C@@H]3CCCCN3C(=O)c3scnc3C)cc(=O)n2[nH]1. The summed E-state index contributed by atoms with van der Waals surface area (Å²) in [5.74, 6) is -0.0167. The molecule has 7 nitrogen and oxygen atoms in total. The zero-order chi connectivity index (χ0) is 17.6. The highest BCUT2D eigenvalue weighted by atomic mass is 32.1. The molecule has 0 radical (unpaired) electrons. The molecule has 3 aromatic rings. The summed E-state index contributed by atoms with van der Waals surface area (Å²) in [5, 5.41) is 2.98. The number of thiazole rings is 1. The van der Waals surface area contributed by atoms with Gasteiger partial charge in [0.2, 0.25) is 0 Å². The summed E-state index contributed by atoms with van der Waals surface area (Å²) in [4.78, 5) is 36.7. The van der Waals surface area contributed by atoms with Gasteiger partial charge in [0.15, 0.2) is 5.65 Å². The molecule has 1 amide bonds. The van der Waals surface area contributed by atoms with E-state index in [1.807, 2.05) is 24.8 Å². The van der Waals surface area contributed by atoms with E-state index < -0.39 is 0 Å². The van der Waals surface area contributed by atoms with Crippen LogP contribution in [0.25, 0.3) is 5.65 Å². The molecular formula is C17H19N5O2S. The van der Waals surface area contributed by atoms with E-state index in [4.69, 9.17) is 0 Å². The van der Waals surface area contributed by atoms with E-state index in [9.17, 15) is 9.59 Å². The number of likely N-dealkylation sites (tertiary alicyclic amines) is 1. The van der Waals surface area contributed by atoms with Gasteiger partial charge in [0.1, 0.15) is 4.88 Å². The lowest BCUT2D eigenvalue weighted by Gasteiger charge is -2.35. The number of H-pyrrole nitrogens is 1. The fourth-order valence-corrected chi connectivity index (χ4v) is 4.18. The van der Waals surface area contributed by atoms with Gasteiger partial charge in [-0.2, -0.15) is 0 Å². The summed E-state index contributed by atoms with van der Waals surface area (Å²) in [6.45, 7) is 4.41. The van der Waals surface area contributed by atoms with Crippen LogP contribution in [0.3, 0.4) is 0 Å². The average Bonchev–Trinajstić information content (AvgIpc) is 3.19. The Morgan fingerprint density at radius 1 is 1.32 bits per heavy atom. The Morgan fingerprint density at radius 2 is 2.16 bits per heavy atom. The van der Waals surface area contributed by atoms with Crippen molar-refractivity contribution in [1.29, 1.82) is 0 Å². The first-order valence-corrected chi connectivity index (χ1v) is 9.23. The molecule has 130 valence electrons. The van der Waals surface area contributed by atoms with Crippen molar-refractivity contribution in [2.45, 2.75) is 39.2 Å². The van der Waals surface area contributed by atoms with Crippen LogP contribution in [-0.4, -0.2) is 36.9 Å². The minimum Gasteiger partial charge on any atom is -0.329 e. The van der Waals surface area contributed by atoms with Gasteiger partial charge < -0.3 is 4.90 Å². The molecule has 1 aliphatic heterocycles. The Balaban J connectivity index is 1.75. The molecule has 0 unspecified atom stereocenters. The average molecular weight is 357 g/mol. The number of aromatic amines is 1. The fourth-order valence-electron chi connectivity index (χ4n) is 3.42. The first-order valence-electron chi connectivity index (χ1n) is 8.35. The van der Waals surface area contributed by atoms with E-state index in [0.717, 1.165) is 30.7 Å². The maximum absolute atomic E-state index is 13.0. The molecule has 1 fully saturated rings. The maximum atomic E-state index is 13.0. The van der Waals surface area contributed by atoms with Crippen molar-refractivity contribution < 1.29 is 4.79 Å². The third-order valence-electron chi connectivity index (χ3n) is 4.64. The lowest BCUT2D eigenvalue weighted by molar-refractivity contribution is 0.0610. The summed E-state index contributed by atoms with van der Waals surface area (Å²) in [6.07, 6.45) is 2.80. The number of aromatic nitrogens is 4. The van der Waals surface area contributed by atoms with Crippen LogP contribution in [0.5, 0.6) is 0 Å². The van der Waals surface area contributed by atoms with Crippen LogP contribution in [0.2, 0.25) is 0 Å². The maximum Gasteiger partial charge on any atom is 0.272 e. The molecule has 25 heavy (non-hydrogen) atoms. The van der Waals surface area contributed by atoms with Gasteiger partial charge in [0.25, 0.3) is 11.5 Å². The van der Waals surface area contributed by atoms with Crippen molar-refractivity contribution in [3.8, 4) is 0 Å². The number of amides is 1. The number of fused-ring (bicyclic) bond motifs is 1. The van der Waals surface area contributed by atoms with E-state index >= 15 is 0 Å². The zero-order valence-corrected chi connectivity index (χ0v) is 15.0. The van der Waals surface area contributed by atoms with Crippen LogP contribution in [0.15, 0.2) is 22.4 Å². The molecule has 0 aromatic carbocycles. The van der Waals surface area contributed by atoms with Crippen molar-refractivity contribution in [2.75, 3.05) is 6.54 Å². The number of nitrogens with one attached hydrogen (secondary N) is 1. The number of hydrogen-bond acceptors (Lipinski definition) is 5. The predicted molar refractivity (Wildman–Crippen MR) is 95.0 cm³/mol. The Kier molecular flexibility index (Phi) is 3.91. The second kappa shape index (κ2) is 6.11. The Bertz CT molecular complexity index is 1000. The predicted octanol–water partition coefficient (Wildman–Crippen LogP) is 2.46. The number of aryl methyl sites for hydroxylation is 2. The highest BCUT2D eigenvalue weighted by molar-refractivity contribution is 7.11. The Hall–Kier alpha value is -2.48. The van der Waals surface area contributed by atoms with Gasteiger partial charge in [-0.05, 0) is 33.1 Å². The smallest absolute Gasteiger partial charge is 0.272 e. The quantitative estimate of drug-likeness (QED) is 0.764. The molecule has 4 rings (SSSR count). The number of rotatable bonds is 2. The first-order chi connectivity index (χ1) is 12.0. The molecule has 1 N–H and O–H groups in total. The third kappa shape index (κ3) is 2.76. The number of hydrogen-bond donors (Lipinski definition) is 1.